The topological polar surface area (TPSA) is 85.6 Å². The van der Waals surface area contributed by atoms with Crippen LogP contribution in [-0.2, 0) is 16.1 Å². The molecule has 0 saturated heterocycles. The minimum atomic E-state index is -0.414. The quantitative estimate of drug-likeness (QED) is 0.545. The number of methoxy groups -OCH3 is 1. The van der Waals surface area contributed by atoms with Gasteiger partial charge < -0.3 is 14.5 Å². The number of ether oxygens (including phenoxy) is 1. The lowest BCUT2D eigenvalue weighted by molar-refractivity contribution is -0.116. The van der Waals surface area contributed by atoms with E-state index in [1.54, 1.807) is 36.4 Å². The van der Waals surface area contributed by atoms with Gasteiger partial charge in [-0.15, -0.1) is 0 Å². The molecule has 0 spiro atoms. The van der Waals surface area contributed by atoms with Crippen LogP contribution in [0, 0.1) is 6.92 Å². The predicted molar refractivity (Wildman–Crippen MR) is 106 cm³/mol. The Kier molecular flexibility index (Phi) is 5.69. The number of aryl methyl sites for hydroxylation is 1. The molecule has 0 saturated carbocycles. The number of esters is 1. The van der Waals surface area contributed by atoms with Crippen molar-refractivity contribution in [3.63, 3.8) is 0 Å². The van der Waals surface area contributed by atoms with Crippen LogP contribution < -0.4 is 10.7 Å². The van der Waals surface area contributed by atoms with Gasteiger partial charge in [-0.1, -0.05) is 23.8 Å². The van der Waals surface area contributed by atoms with Gasteiger partial charge in [0.1, 0.15) is 11.8 Å². The van der Waals surface area contributed by atoms with E-state index in [1.165, 1.54) is 25.5 Å². The van der Waals surface area contributed by atoms with Crippen molar-refractivity contribution in [3.8, 4) is 0 Å². The summed E-state index contributed by atoms with van der Waals surface area (Å²) in [6.07, 6.45) is 4.06. The third-order valence-corrected chi connectivity index (χ3v) is 4.21. The van der Waals surface area contributed by atoms with Gasteiger partial charge in [0, 0.05) is 12.6 Å². The van der Waals surface area contributed by atoms with Crippen LogP contribution in [0.2, 0.25) is 0 Å². The Hall–Kier alpha value is -3.67. The highest BCUT2D eigenvalue weighted by Crippen LogP contribution is 2.13. The van der Waals surface area contributed by atoms with Gasteiger partial charge in [-0.3, -0.25) is 9.59 Å². The van der Waals surface area contributed by atoms with Gasteiger partial charge in [-0.05, 0) is 42.8 Å². The molecule has 6 heteroatoms. The van der Waals surface area contributed by atoms with Crippen LogP contribution in [0.5, 0.6) is 0 Å². The van der Waals surface area contributed by atoms with Crippen LogP contribution in [0.1, 0.15) is 27.0 Å². The molecule has 0 atom stereocenters. The zero-order valence-corrected chi connectivity index (χ0v) is 15.5. The number of benzene rings is 2. The zero-order valence-electron chi connectivity index (χ0n) is 15.5. The lowest BCUT2D eigenvalue weighted by Gasteiger charge is -2.04. The first-order chi connectivity index (χ1) is 13.5. The number of hydrogen-bond acceptors (Lipinski definition) is 5. The number of hydrogen-bond donors (Lipinski definition) is 1. The minimum absolute atomic E-state index is 0.188. The second-order valence-corrected chi connectivity index (χ2v) is 6.26. The molecule has 3 rings (SSSR count). The van der Waals surface area contributed by atoms with E-state index in [0.717, 1.165) is 11.1 Å². The first kappa shape index (κ1) is 19.1. The number of fused-ring (bicyclic) bond motifs is 1. The molecule has 0 bridgehead atoms. The van der Waals surface area contributed by atoms with Gasteiger partial charge in [0.05, 0.1) is 23.6 Å². The lowest BCUT2D eigenvalue weighted by atomic mass is 10.1. The first-order valence-corrected chi connectivity index (χ1v) is 8.63. The summed E-state index contributed by atoms with van der Waals surface area (Å²) >= 11 is 0. The maximum Gasteiger partial charge on any atom is 0.337 e. The Bertz CT molecular complexity index is 1110. The summed E-state index contributed by atoms with van der Waals surface area (Å²) in [5.74, 6) is -0.760. The third kappa shape index (κ3) is 4.35. The molecule has 3 aromatic rings. The molecule has 1 amide bonds. The lowest BCUT2D eigenvalue weighted by Crippen LogP contribution is -2.20. The zero-order chi connectivity index (χ0) is 20.1. The Morgan fingerprint density at radius 1 is 1.14 bits per heavy atom. The van der Waals surface area contributed by atoms with Crippen molar-refractivity contribution in [2.75, 3.05) is 7.11 Å². The third-order valence-electron chi connectivity index (χ3n) is 4.21. The maximum atomic E-state index is 12.5. The number of amides is 1. The molecule has 2 aromatic carbocycles. The number of carbonyl (C=O) groups is 2. The molecule has 1 aromatic heterocycles. The Morgan fingerprint density at radius 2 is 1.89 bits per heavy atom. The highest BCUT2D eigenvalue weighted by Gasteiger charge is 2.07. The molecule has 0 aliphatic rings. The SMILES string of the molecule is COC(=O)c1ccc(CNC(=O)/C=C/c2coc3ccc(C)cc3c2=O)cc1. The summed E-state index contributed by atoms with van der Waals surface area (Å²) in [5.41, 5.74) is 2.85. The van der Waals surface area contributed by atoms with E-state index in [2.05, 4.69) is 10.1 Å². The fraction of sp³-hybridized carbons (Fsp3) is 0.136. The van der Waals surface area contributed by atoms with Crippen molar-refractivity contribution >= 4 is 28.9 Å². The molecular formula is C22H19NO5. The molecule has 0 radical (unpaired) electrons. The molecule has 1 N–H and O–H groups in total. The second kappa shape index (κ2) is 8.35. The minimum Gasteiger partial charge on any atom is -0.465 e. The van der Waals surface area contributed by atoms with E-state index in [9.17, 15) is 14.4 Å². The Labute approximate surface area is 161 Å². The number of nitrogens with one attached hydrogen (secondary N) is 1. The van der Waals surface area contributed by atoms with E-state index in [1.807, 2.05) is 13.0 Å². The molecule has 28 heavy (non-hydrogen) atoms. The van der Waals surface area contributed by atoms with E-state index >= 15 is 0 Å². The van der Waals surface area contributed by atoms with E-state index in [4.69, 9.17) is 4.42 Å². The van der Waals surface area contributed by atoms with Crippen LogP contribution in [0.25, 0.3) is 17.0 Å². The van der Waals surface area contributed by atoms with E-state index in [0.29, 0.717) is 22.1 Å². The van der Waals surface area contributed by atoms with Crippen LogP contribution in [0.3, 0.4) is 0 Å². The fourth-order valence-corrected chi connectivity index (χ4v) is 2.67. The summed E-state index contributed by atoms with van der Waals surface area (Å²) in [4.78, 5) is 35.9. The molecular weight excluding hydrogens is 358 g/mol. The van der Waals surface area contributed by atoms with Crippen molar-refractivity contribution in [1.29, 1.82) is 0 Å². The average molecular weight is 377 g/mol. The van der Waals surface area contributed by atoms with Gasteiger partial charge in [-0.25, -0.2) is 4.79 Å². The van der Waals surface area contributed by atoms with Crippen molar-refractivity contribution in [2.45, 2.75) is 13.5 Å². The van der Waals surface area contributed by atoms with E-state index in [-0.39, 0.29) is 17.9 Å². The summed E-state index contributed by atoms with van der Waals surface area (Å²) in [6.45, 7) is 2.18. The maximum absolute atomic E-state index is 12.5. The van der Waals surface area contributed by atoms with Crippen molar-refractivity contribution < 1.29 is 18.7 Å². The van der Waals surface area contributed by atoms with E-state index < -0.39 is 5.97 Å². The van der Waals surface area contributed by atoms with Crippen LogP contribution >= 0.6 is 0 Å². The average Bonchev–Trinajstić information content (AvgIpc) is 2.72. The van der Waals surface area contributed by atoms with Gasteiger partial charge in [-0.2, -0.15) is 0 Å². The monoisotopic (exact) mass is 377 g/mol. The van der Waals surface area contributed by atoms with Crippen LogP contribution in [0.4, 0.5) is 0 Å². The molecule has 0 unspecified atom stereocenters. The summed E-state index contributed by atoms with van der Waals surface area (Å²) in [5, 5.41) is 3.20. The normalized spacial score (nSPS) is 10.9. The van der Waals surface area contributed by atoms with Gasteiger partial charge >= 0.3 is 5.97 Å². The largest absolute Gasteiger partial charge is 0.465 e. The Morgan fingerprint density at radius 3 is 2.61 bits per heavy atom. The smallest absolute Gasteiger partial charge is 0.337 e. The van der Waals surface area contributed by atoms with Gasteiger partial charge in [0.15, 0.2) is 5.43 Å². The highest BCUT2D eigenvalue weighted by molar-refractivity contribution is 5.92. The number of rotatable bonds is 5. The summed E-state index contributed by atoms with van der Waals surface area (Å²) < 4.78 is 10.1. The first-order valence-electron chi connectivity index (χ1n) is 8.63. The molecule has 6 nitrogen and oxygen atoms in total. The number of carbonyl (C=O) groups excluding carboxylic acids is 2. The van der Waals surface area contributed by atoms with Crippen LogP contribution in [0.15, 0.2) is 64.0 Å². The summed E-state index contributed by atoms with van der Waals surface area (Å²) in [7, 11) is 1.32. The van der Waals surface area contributed by atoms with Crippen molar-refractivity contribution in [2.24, 2.45) is 0 Å². The Balaban J connectivity index is 1.65. The van der Waals surface area contributed by atoms with Gasteiger partial charge in [0.25, 0.3) is 0 Å². The molecule has 0 aliphatic carbocycles. The van der Waals surface area contributed by atoms with Crippen molar-refractivity contribution in [3.05, 3.63) is 87.3 Å². The molecule has 142 valence electrons. The molecule has 0 aliphatic heterocycles. The molecule has 1 heterocycles. The van der Waals surface area contributed by atoms with Crippen molar-refractivity contribution in [1.82, 2.24) is 5.32 Å². The second-order valence-electron chi connectivity index (χ2n) is 6.26. The van der Waals surface area contributed by atoms with Gasteiger partial charge in [0.2, 0.25) is 5.91 Å². The molecule has 0 fully saturated rings. The fourth-order valence-electron chi connectivity index (χ4n) is 2.67. The standard InChI is InChI=1S/C22H19NO5/c1-14-3-9-19-18(11-14)21(25)17(13-28-19)8-10-20(24)23-12-15-4-6-16(7-5-15)22(26)27-2/h3-11,13H,12H2,1-2H3,(H,23,24)/b10-8+. The summed E-state index contributed by atoms with van der Waals surface area (Å²) in [6, 6.07) is 12.1. The highest BCUT2D eigenvalue weighted by atomic mass is 16.5. The predicted octanol–water partition coefficient (Wildman–Crippen LogP) is 3.22. The van der Waals surface area contributed by atoms with Crippen LogP contribution in [-0.4, -0.2) is 19.0 Å².